The van der Waals surface area contributed by atoms with Gasteiger partial charge in [-0.2, -0.15) is 13.2 Å². The number of fused-ring (bicyclic) bond motifs is 1. The van der Waals surface area contributed by atoms with Crippen LogP contribution in [-0.2, 0) is 20.8 Å². The summed E-state index contributed by atoms with van der Waals surface area (Å²) in [6.07, 6.45) is 4.97. The van der Waals surface area contributed by atoms with Crippen LogP contribution in [0.25, 0.3) is 0 Å². The molecule has 0 radical (unpaired) electrons. The predicted octanol–water partition coefficient (Wildman–Crippen LogP) is 7.01. The smallest absolute Gasteiger partial charge is 0.415 e. The van der Waals surface area contributed by atoms with Gasteiger partial charge >= 0.3 is 16.6 Å². The molecule has 0 saturated heterocycles. The summed E-state index contributed by atoms with van der Waals surface area (Å²) < 4.78 is 29.0. The van der Waals surface area contributed by atoms with E-state index < -0.39 is 22.2 Å². The number of carbonyl (C=O) groups is 1. The maximum absolute atomic E-state index is 13.2. The zero-order valence-electron chi connectivity index (χ0n) is 23.2. The summed E-state index contributed by atoms with van der Waals surface area (Å²) in [6, 6.07) is 13.4. The van der Waals surface area contributed by atoms with Crippen molar-refractivity contribution in [1.82, 2.24) is 0 Å². The molecule has 1 aliphatic rings. The fourth-order valence-corrected chi connectivity index (χ4v) is 5.11. The topological polar surface area (TPSA) is 128 Å². The summed E-state index contributed by atoms with van der Waals surface area (Å²) in [7, 11) is -2.61. The molecule has 1 atom stereocenters. The Morgan fingerprint density at radius 3 is 2.26 bits per heavy atom. The number of phenols is 1. The van der Waals surface area contributed by atoms with E-state index >= 15 is 0 Å². The number of nitrogens with one attached hydrogen (secondary N) is 1. The second-order valence-electron chi connectivity index (χ2n) is 10.8. The summed E-state index contributed by atoms with van der Waals surface area (Å²) in [5.41, 5.74) is 3.08. The van der Waals surface area contributed by atoms with Crippen molar-refractivity contribution in [2.45, 2.75) is 91.3 Å². The number of nitrogens with zero attached hydrogens (tertiary/aromatic N) is 1. The van der Waals surface area contributed by atoms with E-state index in [1.165, 1.54) is 0 Å². The number of ether oxygens (including phenoxy) is 1. The minimum Gasteiger partial charge on any atom is -0.508 e. The van der Waals surface area contributed by atoms with Gasteiger partial charge in [-0.05, 0) is 73.8 Å². The Kier molecular flexibility index (Phi) is 11.3. The van der Waals surface area contributed by atoms with E-state index in [1.807, 2.05) is 31.2 Å². The number of phenolic OH excluding ortho intramolecular Hbond substituents is 1. The molecular formula is C29H42N2O6S. The van der Waals surface area contributed by atoms with Crippen molar-refractivity contribution < 1.29 is 28.2 Å². The first-order valence-corrected chi connectivity index (χ1v) is 14.3. The monoisotopic (exact) mass is 546 g/mol. The molecule has 0 spiro atoms. The van der Waals surface area contributed by atoms with Gasteiger partial charge in [-0.15, -0.1) is 0 Å². The molecule has 1 aliphatic heterocycles. The van der Waals surface area contributed by atoms with Crippen molar-refractivity contribution >= 4 is 22.3 Å². The number of para-hydroxylation sites is 1. The minimum absolute atomic E-state index is 0.0659. The van der Waals surface area contributed by atoms with Crippen LogP contribution >= 0.6 is 0 Å². The molecule has 1 unspecified atom stereocenters. The van der Waals surface area contributed by atoms with Gasteiger partial charge in [0, 0.05) is 12.1 Å². The summed E-state index contributed by atoms with van der Waals surface area (Å²) in [5, 5.41) is 20.4. The number of amides is 1. The molecule has 38 heavy (non-hydrogen) atoms. The van der Waals surface area contributed by atoms with E-state index in [0.717, 1.165) is 60.9 Å². The fourth-order valence-electron chi connectivity index (χ4n) is 5.11. The number of rotatable bonds is 11. The van der Waals surface area contributed by atoms with Gasteiger partial charge in [0.05, 0.1) is 11.8 Å². The quantitative estimate of drug-likeness (QED) is 0.278. The molecule has 0 aliphatic carbocycles. The lowest BCUT2D eigenvalue weighted by molar-refractivity contribution is -0.00990. The molecule has 210 valence electrons. The van der Waals surface area contributed by atoms with E-state index in [4.69, 9.17) is 17.9 Å². The second kappa shape index (κ2) is 13.8. The standard InChI is InChI=1S/C29H41NO4.HNO2S/c1-6-15-29(16-7-2)23-10-8-9-11-24(23)30(27(33)34-29)19-18-28(4,5)17-14-26(32)22-12-13-25(31)21(3)20-22;1-4(2)3/h8-13,20,26,31-32H,6-7,14-19H2,1-5H3;1H. The van der Waals surface area contributed by atoms with E-state index in [9.17, 15) is 15.0 Å². The van der Waals surface area contributed by atoms with Crippen molar-refractivity contribution in [1.29, 1.82) is 4.78 Å². The average molecular weight is 547 g/mol. The summed E-state index contributed by atoms with van der Waals surface area (Å²) >= 11 is 0. The molecule has 9 heteroatoms. The zero-order valence-corrected chi connectivity index (χ0v) is 24.0. The van der Waals surface area contributed by atoms with Gasteiger partial charge in [0.1, 0.15) is 11.4 Å². The van der Waals surface area contributed by atoms with Crippen LogP contribution in [-0.4, -0.2) is 31.3 Å². The number of hydrogen-bond donors (Lipinski definition) is 3. The normalized spacial score (nSPS) is 15.1. The molecule has 1 amide bonds. The molecule has 3 N–H and O–H groups in total. The Hall–Kier alpha value is -2.91. The van der Waals surface area contributed by atoms with Gasteiger partial charge in [-0.25, -0.2) is 4.79 Å². The largest absolute Gasteiger partial charge is 0.508 e. The maximum atomic E-state index is 13.2. The van der Waals surface area contributed by atoms with Gasteiger partial charge in [-0.1, -0.05) is 64.8 Å². The number of aryl methyl sites for hydroxylation is 1. The Balaban J connectivity index is 0.00000118. The second-order valence-corrected chi connectivity index (χ2v) is 11.2. The first kappa shape index (κ1) is 31.3. The number of benzene rings is 2. The van der Waals surface area contributed by atoms with E-state index in [2.05, 4.69) is 33.8 Å². The van der Waals surface area contributed by atoms with Gasteiger partial charge in [0.2, 0.25) is 0 Å². The summed E-state index contributed by atoms with van der Waals surface area (Å²) in [4.78, 5) is 15.0. The van der Waals surface area contributed by atoms with Gasteiger partial charge in [0.25, 0.3) is 0 Å². The minimum atomic E-state index is -2.61. The molecule has 0 fully saturated rings. The van der Waals surface area contributed by atoms with Crippen molar-refractivity contribution in [2.75, 3.05) is 11.4 Å². The lowest BCUT2D eigenvalue weighted by Crippen LogP contribution is -2.47. The van der Waals surface area contributed by atoms with E-state index in [-0.39, 0.29) is 17.3 Å². The number of hydrogen-bond acceptors (Lipinski definition) is 7. The molecule has 1 heterocycles. The lowest BCUT2D eigenvalue weighted by atomic mass is 9.81. The van der Waals surface area contributed by atoms with Crippen molar-refractivity contribution in [2.24, 2.45) is 5.41 Å². The highest BCUT2D eigenvalue weighted by molar-refractivity contribution is 7.60. The summed E-state index contributed by atoms with van der Waals surface area (Å²) in [6.45, 7) is 11.0. The highest BCUT2D eigenvalue weighted by Gasteiger charge is 2.43. The van der Waals surface area contributed by atoms with Gasteiger partial charge < -0.3 is 14.9 Å². The highest BCUT2D eigenvalue weighted by atomic mass is 32.2. The Labute approximate surface area is 228 Å². The Bertz CT molecular complexity index is 1180. The lowest BCUT2D eigenvalue weighted by Gasteiger charge is -2.43. The van der Waals surface area contributed by atoms with E-state index in [1.54, 1.807) is 17.0 Å². The van der Waals surface area contributed by atoms with Crippen LogP contribution in [0.3, 0.4) is 0 Å². The van der Waals surface area contributed by atoms with Crippen LogP contribution in [0.4, 0.5) is 10.5 Å². The number of aliphatic hydroxyl groups excluding tert-OH is 1. The fraction of sp³-hybridized carbons (Fsp3) is 0.552. The first-order chi connectivity index (χ1) is 17.9. The molecule has 8 nitrogen and oxygen atoms in total. The number of anilines is 1. The van der Waals surface area contributed by atoms with E-state index in [0.29, 0.717) is 13.0 Å². The third kappa shape index (κ3) is 8.30. The summed E-state index contributed by atoms with van der Waals surface area (Å²) in [5.74, 6) is 0.242. The average Bonchev–Trinajstić information content (AvgIpc) is 2.84. The van der Waals surface area contributed by atoms with Gasteiger partial charge in [0.15, 0.2) is 0 Å². The molecule has 3 rings (SSSR count). The van der Waals surface area contributed by atoms with Crippen molar-refractivity contribution in [3.05, 3.63) is 59.2 Å². The van der Waals surface area contributed by atoms with Crippen LogP contribution in [0.2, 0.25) is 0 Å². The van der Waals surface area contributed by atoms with Crippen LogP contribution < -0.4 is 4.90 Å². The van der Waals surface area contributed by atoms with Gasteiger partial charge in [-0.3, -0.25) is 4.90 Å². The molecule has 2 aromatic carbocycles. The molecule has 2 aromatic rings. The Morgan fingerprint density at radius 2 is 1.68 bits per heavy atom. The van der Waals surface area contributed by atoms with Crippen LogP contribution in [0.5, 0.6) is 5.75 Å². The highest BCUT2D eigenvalue weighted by Crippen LogP contribution is 2.45. The number of aromatic hydroxyl groups is 1. The molecule has 0 bridgehead atoms. The number of cyclic esters (lactones) is 1. The molecule has 0 aromatic heterocycles. The maximum Gasteiger partial charge on any atom is 0.415 e. The Morgan fingerprint density at radius 1 is 1.08 bits per heavy atom. The predicted molar refractivity (Wildman–Crippen MR) is 149 cm³/mol. The third-order valence-electron chi connectivity index (χ3n) is 7.21. The van der Waals surface area contributed by atoms with Crippen molar-refractivity contribution in [3.63, 3.8) is 0 Å². The number of carbonyl (C=O) groups excluding carboxylic acids is 1. The van der Waals surface area contributed by atoms with Crippen LogP contribution in [0, 0.1) is 17.1 Å². The number of aliphatic hydroxyl groups is 1. The van der Waals surface area contributed by atoms with Crippen LogP contribution in [0.1, 0.15) is 95.4 Å². The van der Waals surface area contributed by atoms with Crippen molar-refractivity contribution in [3.8, 4) is 5.75 Å². The molecular weight excluding hydrogens is 504 g/mol. The SMILES string of the molecule is CCCC1(CCC)OC(=O)N(CCC(C)(C)CCC(O)c2ccc(O)c(C)c2)c2ccccc21.N=S(=O)=O. The first-order valence-electron chi connectivity index (χ1n) is 13.2. The third-order valence-corrected chi connectivity index (χ3v) is 7.21. The molecule has 0 saturated carbocycles. The zero-order chi connectivity index (χ0) is 28.5. The van der Waals surface area contributed by atoms with Crippen LogP contribution in [0.15, 0.2) is 42.5 Å².